The Bertz CT molecular complexity index is 835. The quantitative estimate of drug-likeness (QED) is 0.661. The van der Waals surface area contributed by atoms with Crippen LogP contribution in [0.1, 0.15) is 36.5 Å². The van der Waals surface area contributed by atoms with Gasteiger partial charge in [-0.1, -0.05) is 0 Å². The lowest BCUT2D eigenvalue weighted by molar-refractivity contribution is -0.156. The molecule has 2 fully saturated rings. The molecule has 0 unspecified atom stereocenters. The van der Waals surface area contributed by atoms with Crippen LogP contribution in [0, 0.1) is 0 Å². The Morgan fingerprint density at radius 1 is 1.27 bits per heavy atom. The van der Waals surface area contributed by atoms with E-state index in [1.54, 1.807) is 0 Å². The van der Waals surface area contributed by atoms with E-state index in [9.17, 15) is 27.9 Å². The number of fused-ring (bicyclic) bond motifs is 1. The number of aliphatic hydroxyl groups excluding tert-OH is 1. The van der Waals surface area contributed by atoms with Crippen molar-refractivity contribution < 1.29 is 37.3 Å². The minimum Gasteiger partial charge on any atom is -0.394 e. The fourth-order valence-corrected chi connectivity index (χ4v) is 4.38. The monoisotopic (exact) mass is 432 g/mol. The van der Waals surface area contributed by atoms with Crippen LogP contribution < -0.4 is 5.32 Å². The molecule has 166 valence electrons. The summed E-state index contributed by atoms with van der Waals surface area (Å²) >= 11 is 0. The maximum absolute atomic E-state index is 13.3. The average Bonchev–Trinajstić information content (AvgIpc) is 3.42. The molecule has 9 nitrogen and oxygen atoms in total. The highest BCUT2D eigenvalue weighted by Gasteiger charge is 2.51. The number of amides is 2. The number of imidazole rings is 1. The molecule has 2 amide bonds. The number of nitrogens with zero attached hydrogens (tertiary/aromatic N) is 3. The fraction of sp³-hybridized carbons (Fsp3) is 0.722. The summed E-state index contributed by atoms with van der Waals surface area (Å²) in [6.45, 7) is 0.294. The molecule has 1 spiro atoms. The van der Waals surface area contributed by atoms with Crippen molar-refractivity contribution in [2.45, 2.75) is 56.8 Å². The van der Waals surface area contributed by atoms with Gasteiger partial charge in [-0.15, -0.1) is 0 Å². The molecule has 12 heteroatoms. The number of halogens is 3. The van der Waals surface area contributed by atoms with Gasteiger partial charge in [0.25, 0.3) is 0 Å². The van der Waals surface area contributed by atoms with E-state index in [0.717, 1.165) is 11.0 Å². The van der Waals surface area contributed by atoms with E-state index in [-0.39, 0.29) is 38.4 Å². The van der Waals surface area contributed by atoms with Gasteiger partial charge in [-0.3, -0.25) is 9.59 Å². The molecule has 2 N–H and O–H groups in total. The largest absolute Gasteiger partial charge is 0.449 e. The zero-order valence-corrected chi connectivity index (χ0v) is 16.2. The molecule has 0 aromatic carbocycles. The fourth-order valence-electron chi connectivity index (χ4n) is 4.38. The van der Waals surface area contributed by atoms with Crippen LogP contribution >= 0.6 is 0 Å². The van der Waals surface area contributed by atoms with Gasteiger partial charge in [-0.2, -0.15) is 13.2 Å². The topological polar surface area (TPSA) is 106 Å². The molecule has 4 rings (SSSR count). The van der Waals surface area contributed by atoms with Crippen LogP contribution in [0.5, 0.6) is 0 Å². The Labute approximate surface area is 170 Å². The third-order valence-corrected chi connectivity index (χ3v) is 5.75. The zero-order valence-electron chi connectivity index (χ0n) is 16.2. The van der Waals surface area contributed by atoms with Crippen molar-refractivity contribution in [1.82, 2.24) is 19.8 Å². The third kappa shape index (κ3) is 3.79. The van der Waals surface area contributed by atoms with Crippen molar-refractivity contribution in [2.24, 2.45) is 0 Å². The van der Waals surface area contributed by atoms with E-state index in [4.69, 9.17) is 9.47 Å². The molecule has 30 heavy (non-hydrogen) atoms. The van der Waals surface area contributed by atoms with Gasteiger partial charge in [0, 0.05) is 18.7 Å². The first-order valence-corrected chi connectivity index (χ1v) is 9.87. The molecule has 2 saturated heterocycles. The highest BCUT2D eigenvalue weighted by molar-refractivity contribution is 6.35. The Kier molecular flexibility index (Phi) is 5.49. The van der Waals surface area contributed by atoms with E-state index in [1.165, 1.54) is 4.90 Å². The predicted octanol–water partition coefficient (Wildman–Crippen LogP) is 0.191. The van der Waals surface area contributed by atoms with Gasteiger partial charge in [0.15, 0.2) is 5.79 Å². The second-order valence-electron chi connectivity index (χ2n) is 7.70. The summed E-state index contributed by atoms with van der Waals surface area (Å²) in [5, 5.41) is 12.0. The van der Waals surface area contributed by atoms with Gasteiger partial charge >= 0.3 is 18.0 Å². The Morgan fingerprint density at radius 3 is 2.67 bits per heavy atom. The van der Waals surface area contributed by atoms with Gasteiger partial charge in [0.05, 0.1) is 44.6 Å². The molecule has 4 heterocycles. The first-order valence-electron chi connectivity index (χ1n) is 9.87. The Balaban J connectivity index is 1.45. The lowest BCUT2D eigenvalue weighted by Gasteiger charge is -2.23. The smallest absolute Gasteiger partial charge is 0.394 e. The number of nitrogens with one attached hydrogen (secondary N) is 1. The summed E-state index contributed by atoms with van der Waals surface area (Å²) in [4.78, 5) is 29.9. The van der Waals surface area contributed by atoms with Crippen LogP contribution in [0.2, 0.25) is 0 Å². The predicted molar refractivity (Wildman–Crippen MR) is 93.9 cm³/mol. The number of likely N-dealkylation sites (tertiary alicyclic amines) is 1. The molecule has 0 aliphatic carbocycles. The first kappa shape index (κ1) is 21.1. The molecular weight excluding hydrogens is 409 g/mol. The maximum Gasteiger partial charge on any atom is 0.449 e. The molecule has 1 aromatic rings. The van der Waals surface area contributed by atoms with Gasteiger partial charge < -0.3 is 29.4 Å². The van der Waals surface area contributed by atoms with Crippen molar-refractivity contribution in [3.63, 3.8) is 0 Å². The third-order valence-electron chi connectivity index (χ3n) is 5.75. The summed E-state index contributed by atoms with van der Waals surface area (Å²) in [5.41, 5.74) is 0.546. The van der Waals surface area contributed by atoms with E-state index in [0.29, 0.717) is 31.7 Å². The van der Waals surface area contributed by atoms with E-state index >= 15 is 0 Å². The van der Waals surface area contributed by atoms with Gasteiger partial charge in [-0.25, -0.2) is 4.98 Å². The van der Waals surface area contributed by atoms with Gasteiger partial charge in [0.1, 0.15) is 0 Å². The van der Waals surface area contributed by atoms with Crippen LogP contribution in [0.15, 0.2) is 0 Å². The van der Waals surface area contributed by atoms with Crippen molar-refractivity contribution in [3.8, 4) is 0 Å². The lowest BCUT2D eigenvalue weighted by Crippen LogP contribution is -2.47. The minimum absolute atomic E-state index is 0.00256. The molecule has 0 bridgehead atoms. The maximum atomic E-state index is 13.3. The highest BCUT2D eigenvalue weighted by Crippen LogP contribution is 2.35. The number of ether oxygens (including phenoxy) is 2. The standard InChI is InChI=1S/C18H23F3N4O5/c19-18(20,21)16-23-12(13-3-1-2-4-24(13)16)8-22-14(27)15(28)25-10-17(7-11(25)9-26)29-5-6-30-17/h11,26H,1-10H2,(H,22,27)/t11-/m1/s1. The number of aliphatic hydroxyl groups is 1. The van der Waals surface area contributed by atoms with Crippen LogP contribution in [0.3, 0.4) is 0 Å². The molecule has 3 aliphatic rings. The van der Waals surface area contributed by atoms with E-state index in [1.807, 2.05) is 0 Å². The molecule has 1 aromatic heterocycles. The summed E-state index contributed by atoms with van der Waals surface area (Å²) < 4.78 is 52.0. The van der Waals surface area contributed by atoms with Crippen LogP contribution in [-0.2, 0) is 44.7 Å². The van der Waals surface area contributed by atoms with E-state index in [2.05, 4.69) is 10.3 Å². The molecule has 1 atom stereocenters. The summed E-state index contributed by atoms with van der Waals surface area (Å²) in [7, 11) is 0. The number of hydrogen-bond acceptors (Lipinski definition) is 6. The summed E-state index contributed by atoms with van der Waals surface area (Å²) in [6, 6.07) is -0.640. The SMILES string of the molecule is O=C(NCc1nc(C(F)(F)F)n2c1CCCC2)C(=O)N1CC2(C[C@@H]1CO)OCCO2. The number of carbonyl (C=O) groups is 2. The van der Waals surface area contributed by atoms with Crippen molar-refractivity contribution >= 4 is 11.8 Å². The number of hydrogen-bond donors (Lipinski definition) is 2. The molecule has 3 aliphatic heterocycles. The second-order valence-corrected chi connectivity index (χ2v) is 7.70. The van der Waals surface area contributed by atoms with Crippen LogP contribution in [0.4, 0.5) is 13.2 Å². The summed E-state index contributed by atoms with van der Waals surface area (Å²) in [5.74, 6) is -3.87. The first-order chi connectivity index (χ1) is 14.2. The number of carbonyl (C=O) groups excluding carboxylic acids is 2. The average molecular weight is 432 g/mol. The van der Waals surface area contributed by atoms with Gasteiger partial charge in [0.2, 0.25) is 5.82 Å². The zero-order chi connectivity index (χ0) is 21.5. The van der Waals surface area contributed by atoms with Crippen molar-refractivity contribution in [3.05, 3.63) is 17.2 Å². The number of alkyl halides is 3. The Morgan fingerprint density at radius 2 is 2.00 bits per heavy atom. The number of rotatable bonds is 3. The summed E-state index contributed by atoms with van der Waals surface area (Å²) in [6.07, 6.45) is -2.56. The van der Waals surface area contributed by atoms with Crippen LogP contribution in [0.25, 0.3) is 0 Å². The molecule has 0 saturated carbocycles. The Hall–Kier alpha value is -2.18. The molecular formula is C18H23F3N4O5. The van der Waals surface area contributed by atoms with Gasteiger partial charge in [-0.05, 0) is 19.3 Å². The molecule has 0 radical (unpaired) electrons. The van der Waals surface area contributed by atoms with Crippen molar-refractivity contribution in [2.75, 3.05) is 26.4 Å². The minimum atomic E-state index is -4.59. The van der Waals surface area contributed by atoms with E-state index < -0.39 is 35.6 Å². The van der Waals surface area contributed by atoms with Crippen LogP contribution in [-0.4, -0.2) is 69.6 Å². The lowest BCUT2D eigenvalue weighted by atomic mass is 10.1. The number of aromatic nitrogens is 2. The van der Waals surface area contributed by atoms with Crippen molar-refractivity contribution in [1.29, 1.82) is 0 Å². The normalized spacial score (nSPS) is 23.1. The highest BCUT2D eigenvalue weighted by atomic mass is 19.4. The second kappa shape index (κ2) is 7.82.